The minimum absolute atomic E-state index is 0.0947. The summed E-state index contributed by atoms with van der Waals surface area (Å²) in [6, 6.07) is 12.3. The number of fused-ring (bicyclic) bond motifs is 1. The molecular formula is C28H33N5O4S. The number of nitrogens with two attached hydrogens (primary N) is 1. The van der Waals surface area contributed by atoms with E-state index in [0.29, 0.717) is 37.2 Å². The van der Waals surface area contributed by atoms with Crippen LogP contribution in [-0.4, -0.2) is 50.0 Å². The molecule has 2 aromatic heterocycles. The van der Waals surface area contributed by atoms with Crippen LogP contribution < -0.4 is 20.3 Å². The summed E-state index contributed by atoms with van der Waals surface area (Å²) in [7, 11) is -2.52. The van der Waals surface area contributed by atoms with Crippen molar-refractivity contribution in [3.8, 4) is 5.75 Å². The molecular weight excluding hydrogens is 502 g/mol. The Balaban J connectivity index is 1.52. The molecule has 0 aliphatic carbocycles. The molecule has 2 aliphatic rings. The Hall–Kier alpha value is -3.66. The van der Waals surface area contributed by atoms with Gasteiger partial charge in [-0.2, -0.15) is 0 Å². The van der Waals surface area contributed by atoms with Gasteiger partial charge in [-0.15, -0.1) is 0 Å². The largest absolute Gasteiger partial charge is 0.497 e. The van der Waals surface area contributed by atoms with E-state index in [1.807, 2.05) is 23.1 Å². The van der Waals surface area contributed by atoms with Crippen LogP contribution in [-0.2, 0) is 22.8 Å². The van der Waals surface area contributed by atoms with Crippen LogP contribution in [0.1, 0.15) is 48.7 Å². The van der Waals surface area contributed by atoms with Crippen LogP contribution in [0.4, 0.5) is 11.6 Å². The summed E-state index contributed by atoms with van der Waals surface area (Å²) in [5.41, 5.74) is 7.74. The molecule has 1 unspecified atom stereocenters. The number of carbonyl (C=O) groups excluding carboxylic acids is 1. The number of rotatable bonds is 6. The second-order valence-electron chi connectivity index (χ2n) is 10.7. The molecule has 4 heterocycles. The third-order valence-electron chi connectivity index (χ3n) is 7.49. The normalized spacial score (nSPS) is 18.8. The fraction of sp³-hybridized carbons (Fsp3) is 0.393. The van der Waals surface area contributed by atoms with E-state index in [2.05, 4.69) is 35.6 Å². The van der Waals surface area contributed by atoms with Crippen molar-refractivity contribution in [3.63, 3.8) is 0 Å². The molecule has 1 aromatic carbocycles. The summed E-state index contributed by atoms with van der Waals surface area (Å²) in [4.78, 5) is 25.5. The molecule has 0 saturated carbocycles. The zero-order chi connectivity index (χ0) is 27.2. The van der Waals surface area contributed by atoms with Gasteiger partial charge in [-0.25, -0.2) is 18.4 Å². The zero-order valence-electron chi connectivity index (χ0n) is 22.1. The number of primary amides is 1. The van der Waals surface area contributed by atoms with Gasteiger partial charge in [0.15, 0.2) is 5.03 Å². The Morgan fingerprint density at radius 2 is 1.95 bits per heavy atom. The Morgan fingerprint density at radius 1 is 1.16 bits per heavy atom. The van der Waals surface area contributed by atoms with Crippen LogP contribution >= 0.6 is 0 Å². The lowest BCUT2D eigenvalue weighted by Crippen LogP contribution is -2.40. The third kappa shape index (κ3) is 4.57. The number of sulfone groups is 1. The first-order chi connectivity index (χ1) is 18.0. The molecule has 5 rings (SSSR count). The number of anilines is 2. The predicted octanol–water partition coefficient (Wildman–Crippen LogP) is 3.60. The van der Waals surface area contributed by atoms with Crippen LogP contribution in [0.15, 0.2) is 58.6 Å². The zero-order valence-corrected chi connectivity index (χ0v) is 23.0. The Kier molecular flexibility index (Phi) is 6.54. The van der Waals surface area contributed by atoms with E-state index in [0.717, 1.165) is 24.2 Å². The molecule has 1 fully saturated rings. The minimum Gasteiger partial charge on any atom is -0.497 e. The monoisotopic (exact) mass is 535 g/mol. The Bertz CT molecular complexity index is 1500. The molecule has 0 spiro atoms. The molecule has 2 N–H and O–H groups in total. The molecule has 38 heavy (non-hydrogen) atoms. The van der Waals surface area contributed by atoms with Crippen LogP contribution in [0.25, 0.3) is 0 Å². The van der Waals surface area contributed by atoms with E-state index in [-0.39, 0.29) is 21.0 Å². The molecule has 1 amide bonds. The lowest BCUT2D eigenvalue weighted by Gasteiger charge is -2.34. The van der Waals surface area contributed by atoms with E-state index < -0.39 is 15.7 Å². The van der Waals surface area contributed by atoms with Crippen molar-refractivity contribution in [2.24, 2.45) is 11.7 Å². The quantitative estimate of drug-likeness (QED) is 0.509. The highest BCUT2D eigenvalue weighted by molar-refractivity contribution is 7.91. The van der Waals surface area contributed by atoms with E-state index in [9.17, 15) is 13.2 Å². The van der Waals surface area contributed by atoms with Crippen molar-refractivity contribution in [3.05, 3.63) is 65.4 Å². The van der Waals surface area contributed by atoms with Crippen LogP contribution in [0, 0.1) is 5.92 Å². The van der Waals surface area contributed by atoms with Crippen LogP contribution in [0.2, 0.25) is 0 Å². The second kappa shape index (κ2) is 9.58. The first-order valence-electron chi connectivity index (χ1n) is 12.7. The van der Waals surface area contributed by atoms with Crippen molar-refractivity contribution in [1.29, 1.82) is 0 Å². The number of aromatic nitrogens is 2. The van der Waals surface area contributed by atoms with Gasteiger partial charge in [-0.05, 0) is 74.1 Å². The molecule has 3 aromatic rings. The molecule has 10 heteroatoms. The topological polar surface area (TPSA) is 119 Å². The second-order valence-corrected chi connectivity index (χ2v) is 12.6. The maximum Gasteiger partial charge on any atom is 0.253 e. The molecule has 0 bridgehead atoms. The molecule has 1 atom stereocenters. The smallest absolute Gasteiger partial charge is 0.253 e. The van der Waals surface area contributed by atoms with E-state index in [1.165, 1.54) is 23.9 Å². The Morgan fingerprint density at radius 3 is 2.63 bits per heavy atom. The number of hydrogen-bond donors (Lipinski definition) is 1. The summed E-state index contributed by atoms with van der Waals surface area (Å²) in [6.07, 6.45) is 3.10. The molecule has 200 valence electrons. The van der Waals surface area contributed by atoms with Gasteiger partial charge >= 0.3 is 0 Å². The number of pyridine rings is 2. The highest BCUT2D eigenvalue weighted by Gasteiger charge is 2.40. The molecule has 2 aliphatic heterocycles. The SMILES string of the molecule is COc1ccc2c(c1)CCN(c1cccc(S(=O)(=O)c3ccnc(N4CC(C)CC4(C)C)c3C(N)=O)n1)C2. The number of methoxy groups -OCH3 is 1. The van der Waals surface area contributed by atoms with Crippen molar-refractivity contribution < 1.29 is 17.9 Å². The fourth-order valence-electron chi connectivity index (χ4n) is 5.75. The minimum atomic E-state index is -4.17. The number of nitrogens with zero attached hydrogens (tertiary/aromatic N) is 4. The highest BCUT2D eigenvalue weighted by Crippen LogP contribution is 2.39. The first kappa shape index (κ1) is 26.0. The summed E-state index contributed by atoms with van der Waals surface area (Å²) in [5.74, 6) is 1.20. The summed E-state index contributed by atoms with van der Waals surface area (Å²) in [6.45, 7) is 8.18. The van der Waals surface area contributed by atoms with Crippen molar-refractivity contribution in [1.82, 2.24) is 9.97 Å². The maximum atomic E-state index is 13.9. The van der Waals surface area contributed by atoms with Crippen molar-refractivity contribution in [2.45, 2.75) is 55.6 Å². The highest BCUT2D eigenvalue weighted by atomic mass is 32.2. The first-order valence-corrected chi connectivity index (χ1v) is 14.2. The summed E-state index contributed by atoms with van der Waals surface area (Å²) in [5, 5.41) is -0.135. The summed E-state index contributed by atoms with van der Waals surface area (Å²) >= 11 is 0. The van der Waals surface area contributed by atoms with E-state index >= 15 is 0 Å². The van der Waals surface area contributed by atoms with Gasteiger partial charge in [-0.3, -0.25) is 4.79 Å². The predicted molar refractivity (Wildman–Crippen MR) is 145 cm³/mol. The number of benzene rings is 1. The standard InChI is InChI=1S/C28H33N5O4S/c1-18-15-28(2,3)33(16-18)27-25(26(29)34)22(10-12-30-27)38(35,36)24-7-5-6-23(31-24)32-13-11-19-14-21(37-4)9-8-20(19)17-32/h5-10,12,14,18H,11,13,15-17H2,1-4H3,(H2,29,34). The van der Waals surface area contributed by atoms with Crippen molar-refractivity contribution >= 4 is 27.4 Å². The molecule has 1 saturated heterocycles. The molecule has 0 radical (unpaired) electrons. The lowest BCUT2D eigenvalue weighted by molar-refractivity contribution is 0.0997. The van der Waals surface area contributed by atoms with E-state index in [4.69, 9.17) is 10.5 Å². The van der Waals surface area contributed by atoms with Gasteiger partial charge in [0.2, 0.25) is 9.84 Å². The number of amides is 1. The summed E-state index contributed by atoms with van der Waals surface area (Å²) < 4.78 is 33.2. The van der Waals surface area contributed by atoms with Crippen molar-refractivity contribution in [2.75, 3.05) is 30.0 Å². The average molecular weight is 536 g/mol. The van der Waals surface area contributed by atoms with Crippen LogP contribution in [0.5, 0.6) is 5.75 Å². The maximum absolute atomic E-state index is 13.9. The lowest BCUT2D eigenvalue weighted by atomic mass is 9.97. The average Bonchev–Trinajstić information content (AvgIpc) is 3.18. The van der Waals surface area contributed by atoms with Gasteiger partial charge in [0.1, 0.15) is 22.9 Å². The number of hydrogen-bond acceptors (Lipinski definition) is 8. The van der Waals surface area contributed by atoms with Gasteiger partial charge in [-0.1, -0.05) is 19.1 Å². The van der Waals surface area contributed by atoms with Gasteiger partial charge in [0, 0.05) is 31.4 Å². The van der Waals surface area contributed by atoms with Gasteiger partial charge in [0.25, 0.3) is 5.91 Å². The molecule has 9 nitrogen and oxygen atoms in total. The third-order valence-corrected chi connectivity index (χ3v) is 9.19. The number of ether oxygens (including phenoxy) is 1. The fourth-order valence-corrected chi connectivity index (χ4v) is 7.14. The Labute approximate surface area is 223 Å². The van der Waals surface area contributed by atoms with E-state index in [1.54, 1.807) is 19.2 Å². The van der Waals surface area contributed by atoms with Crippen LogP contribution in [0.3, 0.4) is 0 Å². The van der Waals surface area contributed by atoms with Gasteiger partial charge < -0.3 is 20.3 Å². The van der Waals surface area contributed by atoms with Gasteiger partial charge in [0.05, 0.1) is 12.0 Å². The number of carbonyl (C=O) groups is 1.